The minimum Gasteiger partial charge on any atom is -0.497 e. The minimum absolute atomic E-state index is 0.0233. The molecule has 1 aliphatic rings. The Bertz CT molecular complexity index is 1150. The fraction of sp³-hybridized carbons (Fsp3) is 0.346. The molecule has 1 atom stereocenters. The number of furan rings is 1. The van der Waals surface area contributed by atoms with Crippen molar-refractivity contribution in [3.8, 4) is 23.0 Å². The molecule has 0 spiro atoms. The highest BCUT2D eigenvalue weighted by Gasteiger charge is 2.30. The smallest absolute Gasteiger partial charge is 0.290 e. The van der Waals surface area contributed by atoms with E-state index in [1.54, 1.807) is 34.5 Å². The largest absolute Gasteiger partial charge is 0.497 e. The van der Waals surface area contributed by atoms with Gasteiger partial charge >= 0.3 is 0 Å². The number of hydrogen-bond donors (Lipinski definition) is 0. The van der Waals surface area contributed by atoms with Crippen LogP contribution in [0.25, 0.3) is 0 Å². The Kier molecular flexibility index (Phi) is 6.49. The SMILES string of the molecule is COc1ccc(OC)c(Cc2ccc(C(=O)N3Cc4cc(OC)c(OC)cc4CC3C)o2)c1. The number of carbonyl (C=O) groups excluding carboxylic acids is 1. The van der Waals surface area contributed by atoms with Crippen LogP contribution in [0.5, 0.6) is 23.0 Å². The van der Waals surface area contributed by atoms with E-state index in [9.17, 15) is 4.79 Å². The molecule has 0 bridgehead atoms. The molecule has 1 aliphatic heterocycles. The van der Waals surface area contributed by atoms with Crippen molar-refractivity contribution < 1.29 is 28.2 Å². The summed E-state index contributed by atoms with van der Waals surface area (Å²) in [5.74, 6) is 3.71. The van der Waals surface area contributed by atoms with Crippen molar-refractivity contribution in [3.05, 3.63) is 70.7 Å². The molecule has 0 fully saturated rings. The molecule has 2 heterocycles. The fourth-order valence-electron chi connectivity index (χ4n) is 4.28. The summed E-state index contributed by atoms with van der Waals surface area (Å²) < 4.78 is 27.6. The fourth-order valence-corrected chi connectivity index (χ4v) is 4.28. The molecule has 33 heavy (non-hydrogen) atoms. The summed E-state index contributed by atoms with van der Waals surface area (Å²) in [6, 6.07) is 13.2. The lowest BCUT2D eigenvalue weighted by Gasteiger charge is -2.34. The first-order chi connectivity index (χ1) is 16.0. The maximum atomic E-state index is 13.3. The number of rotatable bonds is 7. The Balaban J connectivity index is 1.54. The van der Waals surface area contributed by atoms with Crippen LogP contribution in [0, 0.1) is 0 Å². The molecule has 174 valence electrons. The van der Waals surface area contributed by atoms with Crippen molar-refractivity contribution >= 4 is 5.91 Å². The average Bonchev–Trinajstić information content (AvgIpc) is 3.30. The lowest BCUT2D eigenvalue weighted by Crippen LogP contribution is -2.42. The van der Waals surface area contributed by atoms with Crippen molar-refractivity contribution in [1.82, 2.24) is 4.90 Å². The Morgan fingerprint density at radius 3 is 2.27 bits per heavy atom. The van der Waals surface area contributed by atoms with Crippen molar-refractivity contribution in [2.75, 3.05) is 28.4 Å². The van der Waals surface area contributed by atoms with E-state index in [0.29, 0.717) is 36.0 Å². The third-order valence-electron chi connectivity index (χ3n) is 6.08. The molecule has 0 saturated heterocycles. The first-order valence-electron chi connectivity index (χ1n) is 10.8. The molecular weight excluding hydrogens is 422 g/mol. The summed E-state index contributed by atoms with van der Waals surface area (Å²) in [5.41, 5.74) is 3.13. The van der Waals surface area contributed by atoms with Crippen LogP contribution < -0.4 is 18.9 Å². The second-order valence-electron chi connectivity index (χ2n) is 8.08. The molecule has 4 rings (SSSR count). The van der Waals surface area contributed by atoms with Gasteiger partial charge in [0.15, 0.2) is 17.3 Å². The highest BCUT2D eigenvalue weighted by Crippen LogP contribution is 2.35. The zero-order valence-electron chi connectivity index (χ0n) is 19.6. The van der Waals surface area contributed by atoms with Crippen molar-refractivity contribution in [1.29, 1.82) is 0 Å². The van der Waals surface area contributed by atoms with E-state index >= 15 is 0 Å². The molecule has 0 N–H and O–H groups in total. The average molecular weight is 452 g/mol. The summed E-state index contributed by atoms with van der Waals surface area (Å²) in [6.07, 6.45) is 1.22. The summed E-state index contributed by atoms with van der Waals surface area (Å²) in [7, 11) is 6.49. The predicted molar refractivity (Wildman–Crippen MR) is 124 cm³/mol. The first kappa shape index (κ1) is 22.6. The molecule has 1 unspecified atom stereocenters. The van der Waals surface area contributed by atoms with Gasteiger partial charge in [-0.15, -0.1) is 0 Å². The number of carbonyl (C=O) groups is 1. The molecule has 7 heteroatoms. The van der Waals surface area contributed by atoms with Crippen LogP contribution in [0.3, 0.4) is 0 Å². The van der Waals surface area contributed by atoms with Crippen molar-refractivity contribution in [2.24, 2.45) is 0 Å². The lowest BCUT2D eigenvalue weighted by atomic mass is 9.94. The standard InChI is InChI=1S/C26H29NO6/c1-16-10-17-13-24(31-4)25(32-5)14-19(17)15-27(16)26(28)23-9-7-21(33-23)12-18-11-20(29-2)6-8-22(18)30-3/h6-9,11,13-14,16H,10,12,15H2,1-5H3. The minimum atomic E-state index is -0.133. The molecule has 1 amide bonds. The van der Waals surface area contributed by atoms with E-state index in [4.69, 9.17) is 23.4 Å². The summed E-state index contributed by atoms with van der Waals surface area (Å²) in [5, 5.41) is 0. The number of amides is 1. The van der Waals surface area contributed by atoms with Crippen LogP contribution in [0.1, 0.15) is 39.9 Å². The normalized spacial score (nSPS) is 15.1. The van der Waals surface area contributed by atoms with Crippen molar-refractivity contribution in [3.63, 3.8) is 0 Å². The molecule has 0 saturated carbocycles. The van der Waals surface area contributed by atoms with Crippen LogP contribution in [0.2, 0.25) is 0 Å². The van der Waals surface area contributed by atoms with Gasteiger partial charge in [-0.3, -0.25) is 4.79 Å². The number of benzene rings is 2. The number of methoxy groups -OCH3 is 4. The topological polar surface area (TPSA) is 70.4 Å². The second-order valence-corrected chi connectivity index (χ2v) is 8.08. The highest BCUT2D eigenvalue weighted by atomic mass is 16.5. The zero-order valence-corrected chi connectivity index (χ0v) is 19.6. The Labute approximate surface area is 193 Å². The van der Waals surface area contributed by atoms with Gasteiger partial charge in [-0.1, -0.05) is 0 Å². The Morgan fingerprint density at radius 2 is 1.61 bits per heavy atom. The first-order valence-corrected chi connectivity index (χ1v) is 10.8. The van der Waals surface area contributed by atoms with Crippen LogP contribution in [-0.2, 0) is 19.4 Å². The van der Waals surface area contributed by atoms with Crippen molar-refractivity contribution in [2.45, 2.75) is 32.4 Å². The summed E-state index contributed by atoms with van der Waals surface area (Å²) >= 11 is 0. The van der Waals surface area contributed by atoms with Gasteiger partial charge in [-0.2, -0.15) is 0 Å². The molecule has 3 aromatic rings. The number of nitrogens with zero attached hydrogens (tertiary/aromatic N) is 1. The van der Waals surface area contributed by atoms with E-state index < -0.39 is 0 Å². The van der Waals surface area contributed by atoms with Gasteiger partial charge in [-0.05, 0) is 66.9 Å². The van der Waals surface area contributed by atoms with Gasteiger partial charge in [0.25, 0.3) is 5.91 Å². The van der Waals surface area contributed by atoms with Gasteiger partial charge in [0.2, 0.25) is 0 Å². The molecule has 0 radical (unpaired) electrons. The quantitative estimate of drug-likeness (QED) is 0.527. The van der Waals surface area contributed by atoms with Gasteiger partial charge in [0, 0.05) is 24.6 Å². The van der Waals surface area contributed by atoms with Crippen LogP contribution in [0.4, 0.5) is 0 Å². The van der Waals surface area contributed by atoms with E-state index in [2.05, 4.69) is 0 Å². The van der Waals surface area contributed by atoms with Gasteiger partial charge in [0.05, 0.1) is 28.4 Å². The molecule has 1 aromatic heterocycles. The second kappa shape index (κ2) is 9.48. The summed E-state index contributed by atoms with van der Waals surface area (Å²) in [4.78, 5) is 15.2. The summed E-state index contributed by atoms with van der Waals surface area (Å²) in [6.45, 7) is 2.53. The van der Waals surface area contributed by atoms with Crippen LogP contribution in [-0.4, -0.2) is 45.3 Å². The number of hydrogen-bond acceptors (Lipinski definition) is 6. The van der Waals surface area contributed by atoms with Crippen LogP contribution >= 0.6 is 0 Å². The van der Waals surface area contributed by atoms with E-state index in [0.717, 1.165) is 34.6 Å². The Hall–Kier alpha value is -3.61. The highest BCUT2D eigenvalue weighted by molar-refractivity contribution is 5.92. The van der Waals surface area contributed by atoms with Gasteiger partial charge in [-0.25, -0.2) is 0 Å². The van der Waals surface area contributed by atoms with Gasteiger partial charge < -0.3 is 28.3 Å². The number of ether oxygens (including phenoxy) is 4. The molecule has 7 nitrogen and oxygen atoms in total. The molecular formula is C26H29NO6. The third-order valence-corrected chi connectivity index (χ3v) is 6.08. The lowest BCUT2D eigenvalue weighted by molar-refractivity contribution is 0.0623. The van der Waals surface area contributed by atoms with E-state index in [1.807, 2.05) is 48.2 Å². The van der Waals surface area contributed by atoms with E-state index in [1.165, 1.54) is 0 Å². The van der Waals surface area contributed by atoms with E-state index in [-0.39, 0.29) is 11.9 Å². The van der Waals surface area contributed by atoms with Crippen LogP contribution in [0.15, 0.2) is 46.9 Å². The predicted octanol–water partition coefficient (Wildman–Crippen LogP) is 4.49. The van der Waals surface area contributed by atoms with Gasteiger partial charge in [0.1, 0.15) is 17.3 Å². The third kappa shape index (κ3) is 4.49. The molecule has 2 aromatic carbocycles. The Morgan fingerprint density at radius 1 is 0.909 bits per heavy atom. The number of fused-ring (bicyclic) bond motifs is 1. The zero-order chi connectivity index (χ0) is 23.5. The monoisotopic (exact) mass is 451 g/mol. The molecule has 0 aliphatic carbocycles. The maximum absolute atomic E-state index is 13.3. The maximum Gasteiger partial charge on any atom is 0.290 e.